The third-order valence-electron chi connectivity index (χ3n) is 3.56. The first kappa shape index (κ1) is 13.0. The number of pyridine rings is 1. The van der Waals surface area contributed by atoms with Crippen molar-refractivity contribution < 1.29 is 0 Å². The average molecular weight is 286 g/mol. The maximum atomic E-state index is 6.27. The van der Waals surface area contributed by atoms with Crippen LogP contribution in [-0.4, -0.2) is 9.38 Å². The van der Waals surface area contributed by atoms with Gasteiger partial charge in [-0.25, -0.2) is 4.98 Å². The third-order valence-corrected chi connectivity index (χ3v) is 3.76. The Morgan fingerprint density at radius 3 is 2.60 bits per heavy atom. The monoisotopic (exact) mass is 285 g/mol. The molecule has 0 bridgehead atoms. The van der Waals surface area contributed by atoms with E-state index in [-0.39, 0.29) is 0 Å². The molecule has 2 aromatic heterocycles. The molecule has 0 aliphatic heterocycles. The first-order chi connectivity index (χ1) is 9.47. The van der Waals surface area contributed by atoms with E-state index in [1.165, 1.54) is 5.56 Å². The van der Waals surface area contributed by atoms with Crippen molar-refractivity contribution >= 4 is 23.1 Å². The molecule has 0 radical (unpaired) electrons. The molecule has 3 rings (SSSR count). The summed E-state index contributed by atoms with van der Waals surface area (Å²) in [6.45, 7) is 6.12. The van der Waals surface area contributed by atoms with Crippen LogP contribution in [0, 0.1) is 20.8 Å². The van der Waals surface area contributed by atoms with E-state index in [1.54, 1.807) is 6.20 Å². The van der Waals surface area contributed by atoms with E-state index in [9.17, 15) is 0 Å². The number of nitrogens with two attached hydrogens (primary N) is 1. The van der Waals surface area contributed by atoms with E-state index in [2.05, 4.69) is 32.0 Å². The van der Waals surface area contributed by atoms with Crippen molar-refractivity contribution in [3.8, 4) is 11.3 Å². The van der Waals surface area contributed by atoms with Gasteiger partial charge >= 0.3 is 0 Å². The topological polar surface area (TPSA) is 43.3 Å². The van der Waals surface area contributed by atoms with Crippen LogP contribution in [0.1, 0.15) is 16.7 Å². The molecule has 2 N–H and O–H groups in total. The maximum absolute atomic E-state index is 6.27. The fourth-order valence-electron chi connectivity index (χ4n) is 2.48. The molecule has 1 aromatic carbocycles. The van der Waals surface area contributed by atoms with Crippen molar-refractivity contribution in [2.24, 2.45) is 0 Å². The van der Waals surface area contributed by atoms with Crippen LogP contribution < -0.4 is 5.73 Å². The molecule has 0 saturated carbocycles. The van der Waals surface area contributed by atoms with Gasteiger partial charge in [0.05, 0.1) is 5.02 Å². The van der Waals surface area contributed by atoms with Crippen molar-refractivity contribution in [3.05, 3.63) is 52.2 Å². The van der Waals surface area contributed by atoms with Crippen LogP contribution in [0.5, 0.6) is 0 Å². The number of anilines is 1. The number of aryl methyl sites for hydroxylation is 3. The number of nitrogen functional groups attached to an aromatic ring is 1. The summed E-state index contributed by atoms with van der Waals surface area (Å²) in [5.74, 6) is 0.624. The van der Waals surface area contributed by atoms with Gasteiger partial charge in [0.25, 0.3) is 0 Å². The Labute approximate surface area is 123 Å². The van der Waals surface area contributed by atoms with Gasteiger partial charge < -0.3 is 5.73 Å². The molecular formula is C16H16ClN3. The summed E-state index contributed by atoms with van der Waals surface area (Å²) < 4.78 is 1.86. The first-order valence-corrected chi connectivity index (χ1v) is 6.86. The average Bonchev–Trinajstić information content (AvgIpc) is 2.71. The quantitative estimate of drug-likeness (QED) is 0.729. The van der Waals surface area contributed by atoms with Gasteiger partial charge in [-0.05, 0) is 44.0 Å². The number of nitrogens with zero attached hydrogens (tertiary/aromatic N) is 2. The molecule has 3 aromatic rings. The number of rotatable bonds is 1. The highest BCUT2D eigenvalue weighted by Crippen LogP contribution is 2.31. The van der Waals surface area contributed by atoms with E-state index in [0.717, 1.165) is 28.0 Å². The third kappa shape index (κ3) is 1.95. The fourth-order valence-corrected chi connectivity index (χ4v) is 2.74. The first-order valence-electron chi connectivity index (χ1n) is 6.48. The summed E-state index contributed by atoms with van der Waals surface area (Å²) in [7, 11) is 0. The minimum absolute atomic E-state index is 0.624. The van der Waals surface area contributed by atoms with Gasteiger partial charge in [-0.3, -0.25) is 4.40 Å². The molecule has 4 heteroatoms. The maximum Gasteiger partial charge on any atom is 0.142 e. The number of imidazole rings is 1. The van der Waals surface area contributed by atoms with Gasteiger partial charge in [-0.2, -0.15) is 0 Å². The molecule has 0 aliphatic rings. The Kier molecular flexibility index (Phi) is 2.94. The minimum Gasteiger partial charge on any atom is -0.383 e. The predicted molar refractivity (Wildman–Crippen MR) is 84.3 cm³/mol. The van der Waals surface area contributed by atoms with Gasteiger partial charge in [0, 0.05) is 11.8 Å². The van der Waals surface area contributed by atoms with Gasteiger partial charge in [-0.15, -0.1) is 0 Å². The molecule has 2 heterocycles. The second-order valence-corrected chi connectivity index (χ2v) is 5.64. The van der Waals surface area contributed by atoms with Crippen LogP contribution in [0.3, 0.4) is 0 Å². The van der Waals surface area contributed by atoms with Crippen LogP contribution in [0.25, 0.3) is 16.9 Å². The Morgan fingerprint density at radius 2 is 1.85 bits per heavy atom. The molecule has 102 valence electrons. The van der Waals surface area contributed by atoms with Crippen molar-refractivity contribution in [1.29, 1.82) is 0 Å². The van der Waals surface area contributed by atoms with Crippen LogP contribution in [-0.2, 0) is 0 Å². The number of benzene rings is 1. The molecule has 20 heavy (non-hydrogen) atoms. The Balaban J connectivity index is 2.35. The van der Waals surface area contributed by atoms with E-state index in [1.807, 2.05) is 17.4 Å². The second-order valence-electron chi connectivity index (χ2n) is 5.20. The molecule has 0 aliphatic carbocycles. The van der Waals surface area contributed by atoms with Crippen LogP contribution in [0.2, 0.25) is 5.02 Å². The SMILES string of the molecule is Cc1ccc(C)c(-c2nc3c(C)cc(Cl)cn3c2N)c1. The van der Waals surface area contributed by atoms with Crippen molar-refractivity contribution in [2.45, 2.75) is 20.8 Å². The number of hydrogen-bond acceptors (Lipinski definition) is 2. The van der Waals surface area contributed by atoms with Gasteiger partial charge in [-0.1, -0.05) is 29.3 Å². The zero-order valence-electron chi connectivity index (χ0n) is 11.7. The van der Waals surface area contributed by atoms with Crippen LogP contribution in [0.4, 0.5) is 5.82 Å². The second kappa shape index (κ2) is 4.53. The molecule has 0 atom stereocenters. The van der Waals surface area contributed by atoms with Crippen molar-refractivity contribution in [1.82, 2.24) is 9.38 Å². The Morgan fingerprint density at radius 1 is 1.10 bits per heavy atom. The zero-order valence-corrected chi connectivity index (χ0v) is 12.5. The standard InChI is InChI=1S/C16H16ClN3/c1-9-4-5-10(2)13(6-9)14-15(18)20-8-12(17)7-11(3)16(20)19-14/h4-8H,18H2,1-3H3. The van der Waals surface area contributed by atoms with Crippen molar-refractivity contribution in [3.63, 3.8) is 0 Å². The summed E-state index contributed by atoms with van der Waals surface area (Å²) >= 11 is 6.10. The fraction of sp³-hybridized carbons (Fsp3) is 0.188. The minimum atomic E-state index is 0.624. The highest BCUT2D eigenvalue weighted by atomic mass is 35.5. The van der Waals surface area contributed by atoms with Gasteiger partial charge in [0.1, 0.15) is 17.2 Å². The summed E-state index contributed by atoms with van der Waals surface area (Å²) in [4.78, 5) is 4.70. The van der Waals surface area contributed by atoms with Crippen LogP contribution in [0.15, 0.2) is 30.5 Å². The summed E-state index contributed by atoms with van der Waals surface area (Å²) in [6, 6.07) is 8.20. The van der Waals surface area contributed by atoms with E-state index in [4.69, 9.17) is 22.3 Å². The summed E-state index contributed by atoms with van der Waals surface area (Å²) in [5.41, 5.74) is 12.4. The Bertz CT molecular complexity index is 818. The van der Waals surface area contributed by atoms with E-state index in [0.29, 0.717) is 10.8 Å². The van der Waals surface area contributed by atoms with Crippen LogP contribution >= 0.6 is 11.6 Å². The highest BCUT2D eigenvalue weighted by Gasteiger charge is 2.15. The largest absolute Gasteiger partial charge is 0.383 e. The number of aromatic nitrogens is 2. The summed E-state index contributed by atoms with van der Waals surface area (Å²) in [6.07, 6.45) is 1.81. The Hall–Kier alpha value is -2.00. The molecule has 0 amide bonds. The van der Waals surface area contributed by atoms with E-state index >= 15 is 0 Å². The highest BCUT2D eigenvalue weighted by molar-refractivity contribution is 6.30. The molecule has 0 unspecified atom stereocenters. The number of hydrogen-bond donors (Lipinski definition) is 1. The smallest absolute Gasteiger partial charge is 0.142 e. The lowest BCUT2D eigenvalue weighted by Crippen LogP contribution is -1.95. The zero-order chi connectivity index (χ0) is 14.4. The van der Waals surface area contributed by atoms with E-state index < -0.39 is 0 Å². The molecule has 0 saturated heterocycles. The van der Waals surface area contributed by atoms with Gasteiger partial charge in [0.2, 0.25) is 0 Å². The number of fused-ring (bicyclic) bond motifs is 1. The van der Waals surface area contributed by atoms with Gasteiger partial charge in [0.15, 0.2) is 0 Å². The number of halogens is 1. The van der Waals surface area contributed by atoms with Crippen molar-refractivity contribution in [2.75, 3.05) is 5.73 Å². The molecular weight excluding hydrogens is 270 g/mol. The lowest BCUT2D eigenvalue weighted by molar-refractivity contribution is 1.17. The predicted octanol–water partition coefficient (Wildman–Crippen LogP) is 4.16. The molecule has 0 fully saturated rings. The lowest BCUT2D eigenvalue weighted by Gasteiger charge is -2.05. The lowest BCUT2D eigenvalue weighted by atomic mass is 10.0. The molecule has 0 spiro atoms. The molecule has 3 nitrogen and oxygen atoms in total. The summed E-state index contributed by atoms with van der Waals surface area (Å²) in [5, 5.41) is 0.659. The normalized spacial score (nSPS) is 11.2.